The molecule has 0 spiro atoms. The Labute approximate surface area is 211 Å². The molecule has 1 fully saturated rings. The molecule has 35 heavy (non-hydrogen) atoms. The molecule has 1 saturated heterocycles. The summed E-state index contributed by atoms with van der Waals surface area (Å²) in [6.45, 7) is 0.403. The predicted octanol–water partition coefficient (Wildman–Crippen LogP) is 2.74. The van der Waals surface area contributed by atoms with Gasteiger partial charge in [-0.05, 0) is 49.2 Å². The Bertz CT molecular complexity index is 1430. The number of piperidine rings is 1. The molecule has 11 nitrogen and oxygen atoms in total. The van der Waals surface area contributed by atoms with Gasteiger partial charge in [-0.3, -0.25) is 10.1 Å². The number of hydrogen-bond donors (Lipinski definition) is 1. The molecular formula is C20H22ClN5O6S3. The van der Waals surface area contributed by atoms with Crippen molar-refractivity contribution in [3.05, 3.63) is 40.7 Å². The van der Waals surface area contributed by atoms with Gasteiger partial charge in [0.25, 0.3) is 10.0 Å². The standard InChI is InChI=1S/C20H22ClN5O6S3/c1-25(2)34(28,29)15-5-3-14(4-6-15)19-23-24-20(32-19)22-18(27)13-9-11-26(12-10-13)35(30,31)17-8-7-16(21)33-17/h3-8,13H,9-12H2,1-2H3,(H,22,24,27). The third kappa shape index (κ3) is 5.42. The molecule has 188 valence electrons. The molecule has 1 amide bonds. The van der Waals surface area contributed by atoms with Crippen molar-refractivity contribution in [1.29, 1.82) is 0 Å². The quantitative estimate of drug-likeness (QED) is 0.465. The number of carbonyl (C=O) groups excluding carboxylic acids is 1. The van der Waals surface area contributed by atoms with Gasteiger partial charge >= 0.3 is 6.01 Å². The Morgan fingerprint density at radius 2 is 1.74 bits per heavy atom. The van der Waals surface area contributed by atoms with Crippen LogP contribution in [0.2, 0.25) is 4.34 Å². The third-order valence-corrected chi connectivity index (χ3v) is 10.9. The Kier molecular flexibility index (Phi) is 7.31. The summed E-state index contributed by atoms with van der Waals surface area (Å²) < 4.78 is 58.4. The largest absolute Gasteiger partial charge is 0.403 e. The summed E-state index contributed by atoms with van der Waals surface area (Å²) in [7, 11) is -4.32. The highest BCUT2D eigenvalue weighted by Crippen LogP contribution is 2.31. The lowest BCUT2D eigenvalue weighted by atomic mass is 9.97. The highest BCUT2D eigenvalue weighted by molar-refractivity contribution is 7.91. The molecule has 4 rings (SSSR count). The average Bonchev–Trinajstić information content (AvgIpc) is 3.48. The first kappa shape index (κ1) is 25.7. The van der Waals surface area contributed by atoms with E-state index in [1.165, 1.54) is 54.8 Å². The molecule has 0 unspecified atom stereocenters. The molecule has 0 atom stereocenters. The van der Waals surface area contributed by atoms with E-state index in [4.69, 9.17) is 16.0 Å². The van der Waals surface area contributed by atoms with Crippen molar-refractivity contribution in [2.24, 2.45) is 5.92 Å². The van der Waals surface area contributed by atoms with Crippen molar-refractivity contribution in [2.75, 3.05) is 32.5 Å². The van der Waals surface area contributed by atoms with E-state index in [9.17, 15) is 21.6 Å². The molecule has 0 radical (unpaired) electrons. The summed E-state index contributed by atoms with van der Waals surface area (Å²) in [6, 6.07) is 8.84. The lowest BCUT2D eigenvalue weighted by molar-refractivity contribution is -0.121. The van der Waals surface area contributed by atoms with Gasteiger partial charge in [0.15, 0.2) is 0 Å². The van der Waals surface area contributed by atoms with Crippen molar-refractivity contribution < 1.29 is 26.0 Å². The molecule has 1 N–H and O–H groups in total. The number of halogens is 1. The molecule has 1 aliphatic heterocycles. The number of rotatable bonds is 7. The number of carbonyl (C=O) groups is 1. The number of thiophene rings is 1. The summed E-state index contributed by atoms with van der Waals surface area (Å²) in [5.41, 5.74) is 0.489. The van der Waals surface area contributed by atoms with Crippen LogP contribution in [0.1, 0.15) is 12.8 Å². The smallest absolute Gasteiger partial charge is 0.322 e. The third-order valence-electron chi connectivity index (χ3n) is 5.50. The van der Waals surface area contributed by atoms with E-state index in [1.54, 1.807) is 0 Å². The number of amides is 1. The molecule has 1 aliphatic rings. The van der Waals surface area contributed by atoms with E-state index in [0.717, 1.165) is 15.6 Å². The summed E-state index contributed by atoms with van der Waals surface area (Å²) >= 11 is 6.86. The molecular weight excluding hydrogens is 538 g/mol. The zero-order valence-electron chi connectivity index (χ0n) is 18.7. The number of sulfonamides is 2. The Hall–Kier alpha value is -2.36. The van der Waals surface area contributed by atoms with Crippen molar-refractivity contribution in [3.8, 4) is 11.5 Å². The molecule has 3 heterocycles. The monoisotopic (exact) mass is 559 g/mol. The van der Waals surface area contributed by atoms with Crippen LogP contribution in [0, 0.1) is 5.92 Å². The molecule has 1 aromatic carbocycles. The fourth-order valence-electron chi connectivity index (χ4n) is 3.50. The van der Waals surface area contributed by atoms with Gasteiger partial charge in [0.05, 0.1) is 9.23 Å². The van der Waals surface area contributed by atoms with Gasteiger partial charge in [0.2, 0.25) is 21.8 Å². The van der Waals surface area contributed by atoms with Crippen LogP contribution in [0.25, 0.3) is 11.5 Å². The first-order valence-electron chi connectivity index (χ1n) is 10.4. The second kappa shape index (κ2) is 9.95. The second-order valence-corrected chi connectivity index (χ2v) is 14.0. The SMILES string of the molecule is CN(C)S(=O)(=O)c1ccc(-c2nnc(NC(=O)C3CCN(S(=O)(=O)c4ccc(Cl)s4)CC3)o2)cc1. The van der Waals surface area contributed by atoms with Crippen LogP contribution in [0.5, 0.6) is 0 Å². The van der Waals surface area contributed by atoms with Crippen molar-refractivity contribution >= 4 is 54.9 Å². The highest BCUT2D eigenvalue weighted by Gasteiger charge is 2.33. The first-order valence-corrected chi connectivity index (χ1v) is 14.5. The summed E-state index contributed by atoms with van der Waals surface area (Å²) in [5.74, 6) is -0.646. The van der Waals surface area contributed by atoms with Gasteiger partial charge in [0.1, 0.15) is 4.21 Å². The van der Waals surface area contributed by atoms with Crippen LogP contribution in [-0.4, -0.2) is 68.7 Å². The van der Waals surface area contributed by atoms with Gasteiger partial charge in [0, 0.05) is 38.7 Å². The van der Waals surface area contributed by atoms with Crippen molar-refractivity contribution in [2.45, 2.75) is 21.9 Å². The molecule has 2 aromatic heterocycles. The topological polar surface area (TPSA) is 143 Å². The Balaban J connectivity index is 1.36. The number of benzene rings is 1. The van der Waals surface area contributed by atoms with E-state index >= 15 is 0 Å². The highest BCUT2D eigenvalue weighted by atomic mass is 35.5. The van der Waals surface area contributed by atoms with Crippen LogP contribution in [0.4, 0.5) is 6.01 Å². The van der Waals surface area contributed by atoms with E-state index in [0.29, 0.717) is 22.7 Å². The molecule has 0 aliphatic carbocycles. The zero-order chi connectivity index (χ0) is 25.4. The number of nitrogens with zero attached hydrogens (tertiary/aromatic N) is 4. The normalized spacial score (nSPS) is 16.0. The summed E-state index contributed by atoms with van der Waals surface area (Å²) in [6.07, 6.45) is 0.681. The van der Waals surface area contributed by atoms with E-state index < -0.39 is 26.0 Å². The van der Waals surface area contributed by atoms with Crippen molar-refractivity contribution in [1.82, 2.24) is 18.8 Å². The second-order valence-electron chi connectivity index (χ2n) is 7.95. The van der Waals surface area contributed by atoms with Gasteiger partial charge in [-0.15, -0.1) is 16.4 Å². The first-order chi connectivity index (χ1) is 16.5. The van der Waals surface area contributed by atoms with Crippen LogP contribution in [-0.2, 0) is 24.8 Å². The number of anilines is 1. The molecule has 15 heteroatoms. The zero-order valence-corrected chi connectivity index (χ0v) is 21.9. The minimum atomic E-state index is -3.64. The van der Waals surface area contributed by atoms with Gasteiger partial charge in [-0.25, -0.2) is 21.1 Å². The maximum atomic E-state index is 12.7. The van der Waals surface area contributed by atoms with Crippen LogP contribution in [0.15, 0.2) is 49.9 Å². The summed E-state index contributed by atoms with van der Waals surface area (Å²) in [4.78, 5) is 12.8. The average molecular weight is 560 g/mol. The molecule has 3 aromatic rings. The Morgan fingerprint density at radius 1 is 1.09 bits per heavy atom. The van der Waals surface area contributed by atoms with Gasteiger partial charge in [-0.1, -0.05) is 16.7 Å². The summed E-state index contributed by atoms with van der Waals surface area (Å²) in [5, 5.41) is 10.3. The Morgan fingerprint density at radius 3 is 2.31 bits per heavy atom. The van der Waals surface area contributed by atoms with Crippen LogP contribution in [0.3, 0.4) is 0 Å². The van der Waals surface area contributed by atoms with Crippen molar-refractivity contribution in [3.63, 3.8) is 0 Å². The lowest BCUT2D eigenvalue weighted by Crippen LogP contribution is -2.41. The van der Waals surface area contributed by atoms with Gasteiger partial charge in [-0.2, -0.15) is 4.31 Å². The van der Waals surface area contributed by atoms with E-state index in [2.05, 4.69) is 15.5 Å². The number of nitrogens with one attached hydrogen (secondary N) is 1. The molecule has 0 saturated carbocycles. The minimum Gasteiger partial charge on any atom is -0.403 e. The van der Waals surface area contributed by atoms with Crippen LogP contribution >= 0.6 is 22.9 Å². The number of hydrogen-bond acceptors (Lipinski definition) is 9. The fraction of sp³-hybridized carbons (Fsp3) is 0.350. The fourth-order valence-corrected chi connectivity index (χ4v) is 7.51. The lowest BCUT2D eigenvalue weighted by Gasteiger charge is -2.29. The minimum absolute atomic E-state index is 0.0988. The van der Waals surface area contributed by atoms with E-state index in [-0.39, 0.29) is 40.0 Å². The van der Waals surface area contributed by atoms with Gasteiger partial charge < -0.3 is 4.42 Å². The predicted molar refractivity (Wildman–Crippen MR) is 130 cm³/mol. The van der Waals surface area contributed by atoms with E-state index in [1.807, 2.05) is 0 Å². The number of aromatic nitrogens is 2. The maximum absolute atomic E-state index is 12.7. The van der Waals surface area contributed by atoms with Crippen LogP contribution < -0.4 is 5.32 Å². The maximum Gasteiger partial charge on any atom is 0.322 e. The molecule has 0 bridgehead atoms.